The molecule has 0 aromatic carbocycles. The maximum Gasteiger partial charge on any atom is 0.190 e. The fourth-order valence-electron chi connectivity index (χ4n) is 0.686. The Morgan fingerprint density at radius 1 is 1.50 bits per heavy atom. The maximum atomic E-state index is 11.3. The van der Waals surface area contributed by atoms with Crippen LogP contribution in [0.4, 0.5) is 0 Å². The third-order valence-corrected chi connectivity index (χ3v) is 5.11. The second-order valence-electron chi connectivity index (χ2n) is 2.10. The molecule has 0 aliphatic heterocycles. The van der Waals surface area contributed by atoms with Crippen LogP contribution >= 0.6 is 27.3 Å². The standard InChI is InChI=1S/C6H7BrO3S2/c7-5-1-2-6(11-5)12(9,10)4-3-8/h1-2,8H,3-4H2. The minimum Gasteiger partial charge on any atom is -0.395 e. The summed E-state index contributed by atoms with van der Waals surface area (Å²) < 4.78 is 23.6. The number of rotatable bonds is 3. The molecule has 0 amide bonds. The molecular formula is C6H7BrO3S2. The Kier molecular flexibility index (Phi) is 3.28. The van der Waals surface area contributed by atoms with Gasteiger partial charge in [-0.3, -0.25) is 0 Å². The number of thiophene rings is 1. The summed E-state index contributed by atoms with van der Waals surface area (Å²) in [5.41, 5.74) is 0. The van der Waals surface area contributed by atoms with Crippen molar-refractivity contribution in [3.8, 4) is 0 Å². The van der Waals surface area contributed by atoms with Crippen molar-refractivity contribution in [2.45, 2.75) is 4.21 Å². The Balaban J connectivity index is 2.98. The van der Waals surface area contributed by atoms with Crippen LogP contribution in [0, 0.1) is 0 Å². The van der Waals surface area contributed by atoms with Gasteiger partial charge in [0.05, 0.1) is 16.1 Å². The summed E-state index contributed by atoms with van der Waals surface area (Å²) in [6, 6.07) is 3.20. The van der Waals surface area contributed by atoms with E-state index < -0.39 is 9.84 Å². The third-order valence-electron chi connectivity index (χ3n) is 1.22. The van der Waals surface area contributed by atoms with Crippen LogP contribution in [0.5, 0.6) is 0 Å². The van der Waals surface area contributed by atoms with Gasteiger partial charge in [0.2, 0.25) is 0 Å². The predicted octanol–water partition coefficient (Wildman–Crippen LogP) is 1.28. The van der Waals surface area contributed by atoms with Crippen LogP contribution in [-0.4, -0.2) is 25.9 Å². The third kappa shape index (κ3) is 2.29. The Hall–Kier alpha value is 0.0900. The van der Waals surface area contributed by atoms with Crippen LogP contribution in [0.25, 0.3) is 0 Å². The van der Waals surface area contributed by atoms with Crippen LogP contribution in [0.15, 0.2) is 20.1 Å². The van der Waals surface area contributed by atoms with Gasteiger partial charge >= 0.3 is 0 Å². The van der Waals surface area contributed by atoms with Gasteiger partial charge in [0.25, 0.3) is 0 Å². The SMILES string of the molecule is O=S(=O)(CCO)c1ccc(Br)s1. The zero-order valence-electron chi connectivity index (χ0n) is 6.03. The van der Waals surface area contributed by atoms with E-state index in [2.05, 4.69) is 15.9 Å². The average molecular weight is 271 g/mol. The number of halogens is 1. The fourth-order valence-corrected chi connectivity index (χ4v) is 3.87. The van der Waals surface area contributed by atoms with Crippen molar-refractivity contribution in [3.63, 3.8) is 0 Å². The summed E-state index contributed by atoms with van der Waals surface area (Å²) in [4.78, 5) is 0. The highest BCUT2D eigenvalue weighted by Gasteiger charge is 2.15. The smallest absolute Gasteiger partial charge is 0.190 e. The largest absolute Gasteiger partial charge is 0.395 e. The molecule has 0 bridgehead atoms. The second kappa shape index (κ2) is 3.87. The highest BCUT2D eigenvalue weighted by molar-refractivity contribution is 9.11. The predicted molar refractivity (Wildman–Crippen MR) is 51.2 cm³/mol. The summed E-state index contributed by atoms with van der Waals surface area (Å²) in [6.07, 6.45) is 0. The molecule has 0 atom stereocenters. The molecule has 0 aliphatic rings. The summed E-state index contributed by atoms with van der Waals surface area (Å²) >= 11 is 4.32. The number of aliphatic hydroxyl groups is 1. The first kappa shape index (κ1) is 10.2. The molecule has 1 rings (SSSR count). The highest BCUT2D eigenvalue weighted by atomic mass is 79.9. The van der Waals surface area contributed by atoms with Gasteiger partial charge in [-0.1, -0.05) is 0 Å². The van der Waals surface area contributed by atoms with Gasteiger partial charge in [-0.05, 0) is 28.1 Å². The van der Waals surface area contributed by atoms with Gasteiger partial charge in [0.1, 0.15) is 4.21 Å². The molecule has 0 saturated carbocycles. The Labute approximate surface area is 83.1 Å². The first-order valence-electron chi connectivity index (χ1n) is 3.15. The molecule has 1 aromatic rings. The van der Waals surface area contributed by atoms with E-state index in [1.54, 1.807) is 6.07 Å². The van der Waals surface area contributed by atoms with Crippen molar-refractivity contribution in [1.82, 2.24) is 0 Å². The maximum absolute atomic E-state index is 11.3. The topological polar surface area (TPSA) is 54.4 Å². The number of hydrogen-bond acceptors (Lipinski definition) is 4. The molecule has 68 valence electrons. The number of sulfone groups is 1. The lowest BCUT2D eigenvalue weighted by atomic mass is 10.7. The minimum absolute atomic E-state index is 0.208. The molecule has 0 spiro atoms. The quantitative estimate of drug-likeness (QED) is 0.900. The van der Waals surface area contributed by atoms with Gasteiger partial charge in [0, 0.05) is 0 Å². The van der Waals surface area contributed by atoms with E-state index in [1.165, 1.54) is 6.07 Å². The number of hydrogen-bond donors (Lipinski definition) is 1. The fraction of sp³-hybridized carbons (Fsp3) is 0.333. The molecule has 1 heterocycles. The lowest BCUT2D eigenvalue weighted by Crippen LogP contribution is -2.08. The summed E-state index contributed by atoms with van der Waals surface area (Å²) in [6.45, 7) is -0.335. The first-order valence-corrected chi connectivity index (χ1v) is 6.41. The zero-order valence-corrected chi connectivity index (χ0v) is 9.25. The minimum atomic E-state index is -3.25. The van der Waals surface area contributed by atoms with Crippen molar-refractivity contribution in [3.05, 3.63) is 15.9 Å². The van der Waals surface area contributed by atoms with Gasteiger partial charge in [-0.2, -0.15) is 0 Å². The summed E-state index contributed by atoms with van der Waals surface area (Å²) in [7, 11) is -3.25. The van der Waals surface area contributed by atoms with Crippen molar-refractivity contribution in [2.75, 3.05) is 12.4 Å². The summed E-state index contributed by atoms with van der Waals surface area (Å²) in [5.74, 6) is -0.208. The van der Waals surface area contributed by atoms with Crippen LogP contribution in [0.1, 0.15) is 0 Å². The van der Waals surface area contributed by atoms with Crippen molar-refractivity contribution >= 4 is 37.1 Å². The molecule has 1 aromatic heterocycles. The highest BCUT2D eigenvalue weighted by Crippen LogP contribution is 2.26. The Morgan fingerprint density at radius 2 is 2.17 bits per heavy atom. The van der Waals surface area contributed by atoms with Gasteiger partial charge in [-0.25, -0.2) is 8.42 Å². The lowest BCUT2D eigenvalue weighted by molar-refractivity contribution is 0.319. The van der Waals surface area contributed by atoms with E-state index in [9.17, 15) is 8.42 Å². The molecule has 0 radical (unpaired) electrons. The second-order valence-corrected chi connectivity index (χ2v) is 6.90. The van der Waals surface area contributed by atoms with E-state index in [4.69, 9.17) is 5.11 Å². The summed E-state index contributed by atoms with van der Waals surface area (Å²) in [5, 5.41) is 8.48. The monoisotopic (exact) mass is 270 g/mol. The molecule has 0 aliphatic carbocycles. The van der Waals surface area contributed by atoms with E-state index in [0.29, 0.717) is 4.21 Å². The molecular weight excluding hydrogens is 264 g/mol. The van der Waals surface area contributed by atoms with E-state index in [0.717, 1.165) is 15.1 Å². The van der Waals surface area contributed by atoms with Crippen molar-refractivity contribution in [2.24, 2.45) is 0 Å². The van der Waals surface area contributed by atoms with Gasteiger partial charge < -0.3 is 5.11 Å². The Bertz CT molecular complexity index is 355. The zero-order chi connectivity index (χ0) is 9.19. The molecule has 0 fully saturated rings. The van der Waals surface area contributed by atoms with Crippen LogP contribution < -0.4 is 0 Å². The molecule has 1 N–H and O–H groups in total. The lowest BCUT2D eigenvalue weighted by Gasteiger charge is -1.95. The van der Waals surface area contributed by atoms with E-state index in [-0.39, 0.29) is 12.4 Å². The van der Waals surface area contributed by atoms with Crippen LogP contribution in [-0.2, 0) is 9.84 Å². The van der Waals surface area contributed by atoms with Crippen molar-refractivity contribution < 1.29 is 13.5 Å². The molecule has 3 nitrogen and oxygen atoms in total. The normalized spacial score (nSPS) is 11.8. The van der Waals surface area contributed by atoms with Gasteiger partial charge in [-0.15, -0.1) is 11.3 Å². The van der Waals surface area contributed by atoms with E-state index in [1.807, 2.05) is 0 Å². The average Bonchev–Trinajstić information content (AvgIpc) is 2.36. The van der Waals surface area contributed by atoms with Crippen molar-refractivity contribution in [1.29, 1.82) is 0 Å². The van der Waals surface area contributed by atoms with Gasteiger partial charge in [0.15, 0.2) is 9.84 Å². The molecule has 6 heteroatoms. The van der Waals surface area contributed by atoms with Crippen LogP contribution in [0.3, 0.4) is 0 Å². The molecule has 12 heavy (non-hydrogen) atoms. The molecule has 0 unspecified atom stereocenters. The molecule has 0 saturated heterocycles. The van der Waals surface area contributed by atoms with Crippen LogP contribution in [0.2, 0.25) is 0 Å². The Morgan fingerprint density at radius 3 is 2.58 bits per heavy atom. The van der Waals surface area contributed by atoms with E-state index >= 15 is 0 Å². The number of aliphatic hydroxyl groups excluding tert-OH is 1. The first-order chi connectivity index (χ1) is 5.56.